The van der Waals surface area contributed by atoms with Gasteiger partial charge in [-0.3, -0.25) is 9.89 Å². The Labute approximate surface area is 168 Å². The summed E-state index contributed by atoms with van der Waals surface area (Å²) in [5, 5.41) is 8.47. The third-order valence-corrected chi connectivity index (χ3v) is 5.77. The van der Waals surface area contributed by atoms with E-state index in [0.717, 1.165) is 34.5 Å². The number of ether oxygens (including phenoxy) is 1. The van der Waals surface area contributed by atoms with E-state index < -0.39 is 0 Å². The van der Waals surface area contributed by atoms with Gasteiger partial charge in [0.2, 0.25) is 0 Å². The molecule has 0 saturated heterocycles. The van der Waals surface area contributed by atoms with Crippen LogP contribution in [0, 0.1) is 6.92 Å². The highest BCUT2D eigenvalue weighted by molar-refractivity contribution is 5.98. The van der Waals surface area contributed by atoms with Gasteiger partial charge in [-0.1, -0.05) is 36.4 Å². The number of aromatic amines is 2. The predicted octanol–water partition coefficient (Wildman–Crippen LogP) is 4.00. The van der Waals surface area contributed by atoms with Gasteiger partial charge in [0.15, 0.2) is 5.69 Å². The predicted molar refractivity (Wildman–Crippen MR) is 111 cm³/mol. The van der Waals surface area contributed by atoms with Crippen molar-refractivity contribution < 1.29 is 9.53 Å². The van der Waals surface area contributed by atoms with Gasteiger partial charge in [-0.05, 0) is 31.0 Å². The van der Waals surface area contributed by atoms with Crippen LogP contribution in [0.1, 0.15) is 38.9 Å². The van der Waals surface area contributed by atoms with E-state index in [9.17, 15) is 4.79 Å². The van der Waals surface area contributed by atoms with Crippen molar-refractivity contribution in [2.45, 2.75) is 19.4 Å². The van der Waals surface area contributed by atoms with Crippen LogP contribution in [0.3, 0.4) is 0 Å². The van der Waals surface area contributed by atoms with Crippen LogP contribution in [0.15, 0.2) is 54.7 Å². The van der Waals surface area contributed by atoms with Crippen molar-refractivity contribution in [1.29, 1.82) is 0 Å². The highest BCUT2D eigenvalue weighted by Crippen LogP contribution is 2.42. The lowest BCUT2D eigenvalue weighted by Crippen LogP contribution is -2.31. The lowest BCUT2D eigenvalue weighted by atomic mass is 9.98. The number of hydrogen-bond acceptors (Lipinski definition) is 3. The van der Waals surface area contributed by atoms with E-state index in [1.807, 2.05) is 54.4 Å². The number of amides is 1. The fourth-order valence-corrected chi connectivity index (χ4v) is 4.37. The van der Waals surface area contributed by atoms with Crippen molar-refractivity contribution in [3.05, 3.63) is 82.8 Å². The Morgan fingerprint density at radius 1 is 1.14 bits per heavy atom. The molecule has 2 aromatic heterocycles. The number of fused-ring (bicyclic) bond motifs is 2. The van der Waals surface area contributed by atoms with Crippen LogP contribution in [0.25, 0.3) is 10.9 Å². The molecular weight excluding hydrogens is 364 g/mol. The maximum Gasteiger partial charge on any atom is 0.275 e. The lowest BCUT2D eigenvalue weighted by molar-refractivity contribution is 0.0744. The molecule has 1 unspecified atom stereocenters. The molecule has 1 aliphatic rings. The fraction of sp³-hybridized carbons (Fsp3) is 0.217. The van der Waals surface area contributed by atoms with Gasteiger partial charge in [0.1, 0.15) is 5.75 Å². The molecule has 0 fully saturated rings. The quantitative estimate of drug-likeness (QED) is 0.545. The number of carbonyl (C=O) groups is 1. The van der Waals surface area contributed by atoms with Gasteiger partial charge in [-0.2, -0.15) is 5.10 Å². The normalized spacial score (nSPS) is 15.9. The van der Waals surface area contributed by atoms with Crippen LogP contribution in [-0.4, -0.2) is 39.6 Å². The fourth-order valence-electron chi connectivity index (χ4n) is 4.37. The van der Waals surface area contributed by atoms with Gasteiger partial charge in [0.05, 0.1) is 13.2 Å². The lowest BCUT2D eigenvalue weighted by Gasteiger charge is -2.27. The maximum atomic E-state index is 13.2. The van der Waals surface area contributed by atoms with E-state index in [1.54, 1.807) is 7.11 Å². The molecule has 6 nitrogen and oxygen atoms in total. The van der Waals surface area contributed by atoms with Crippen molar-refractivity contribution in [3.8, 4) is 5.75 Å². The standard InChI is InChI=1S/C23H22N4O2/c1-14-20-21(26-25-14)23(28)27(22(20)17-8-4-6-10-19(17)29-2)12-11-15-13-24-18-9-5-3-7-16(15)18/h3-10,13,22,24H,11-12H2,1-2H3,(H,25,26). The summed E-state index contributed by atoms with van der Waals surface area (Å²) in [7, 11) is 1.66. The highest BCUT2D eigenvalue weighted by atomic mass is 16.5. The molecule has 0 radical (unpaired) electrons. The molecule has 6 heteroatoms. The zero-order valence-electron chi connectivity index (χ0n) is 16.4. The minimum absolute atomic E-state index is 0.0416. The molecule has 2 N–H and O–H groups in total. The third-order valence-electron chi connectivity index (χ3n) is 5.77. The van der Waals surface area contributed by atoms with Crippen LogP contribution in [0.4, 0.5) is 0 Å². The zero-order valence-corrected chi connectivity index (χ0v) is 16.4. The second-order valence-electron chi connectivity index (χ2n) is 7.36. The molecule has 1 amide bonds. The smallest absolute Gasteiger partial charge is 0.275 e. The van der Waals surface area contributed by atoms with E-state index >= 15 is 0 Å². The van der Waals surface area contributed by atoms with Gasteiger partial charge in [-0.15, -0.1) is 0 Å². The van der Waals surface area contributed by atoms with Gasteiger partial charge in [0.25, 0.3) is 5.91 Å². The van der Waals surface area contributed by atoms with Crippen molar-refractivity contribution in [2.24, 2.45) is 0 Å². The Balaban J connectivity index is 1.53. The first kappa shape index (κ1) is 17.6. The Bertz CT molecular complexity index is 1210. The summed E-state index contributed by atoms with van der Waals surface area (Å²) in [6, 6.07) is 15.9. The molecule has 0 bridgehead atoms. The first-order valence-corrected chi connectivity index (χ1v) is 9.72. The Hall–Kier alpha value is -3.54. The van der Waals surface area contributed by atoms with Gasteiger partial charge >= 0.3 is 0 Å². The summed E-state index contributed by atoms with van der Waals surface area (Å²) in [6.45, 7) is 2.56. The largest absolute Gasteiger partial charge is 0.496 e. The third kappa shape index (κ3) is 2.71. The number of aryl methyl sites for hydroxylation is 1. The number of methoxy groups -OCH3 is 1. The number of carbonyl (C=O) groups excluding carboxylic acids is 1. The number of para-hydroxylation sites is 2. The SMILES string of the molecule is COc1ccccc1C1c2c(n[nH]c2C)C(=O)N1CCc1c[nH]c2ccccc12. The molecule has 1 atom stereocenters. The van der Waals surface area contributed by atoms with Crippen molar-refractivity contribution in [1.82, 2.24) is 20.1 Å². The Kier molecular flexibility index (Phi) is 4.12. The van der Waals surface area contributed by atoms with Crippen LogP contribution < -0.4 is 4.74 Å². The summed E-state index contributed by atoms with van der Waals surface area (Å²) in [5.74, 6) is 0.732. The molecule has 146 valence electrons. The maximum absolute atomic E-state index is 13.2. The second-order valence-corrected chi connectivity index (χ2v) is 7.36. The number of aromatic nitrogens is 3. The average Bonchev–Trinajstić information content (AvgIpc) is 3.41. The van der Waals surface area contributed by atoms with Crippen molar-refractivity contribution in [2.75, 3.05) is 13.7 Å². The summed E-state index contributed by atoms with van der Waals surface area (Å²) >= 11 is 0. The molecule has 4 aromatic rings. The number of benzene rings is 2. The molecule has 3 heterocycles. The van der Waals surface area contributed by atoms with Crippen LogP contribution in [0.2, 0.25) is 0 Å². The number of nitrogens with one attached hydrogen (secondary N) is 2. The number of hydrogen-bond donors (Lipinski definition) is 2. The highest BCUT2D eigenvalue weighted by Gasteiger charge is 2.42. The number of H-pyrrole nitrogens is 2. The molecule has 29 heavy (non-hydrogen) atoms. The summed E-state index contributed by atoms with van der Waals surface area (Å²) in [4.78, 5) is 18.4. The van der Waals surface area contributed by atoms with Gasteiger partial charge in [-0.25, -0.2) is 0 Å². The molecule has 5 rings (SSSR count). The van der Waals surface area contributed by atoms with Crippen LogP contribution >= 0.6 is 0 Å². The topological polar surface area (TPSA) is 74.0 Å². The molecule has 0 aliphatic carbocycles. The number of nitrogens with zero attached hydrogens (tertiary/aromatic N) is 2. The summed E-state index contributed by atoms with van der Waals surface area (Å²) < 4.78 is 5.61. The average molecular weight is 386 g/mol. The van der Waals surface area contributed by atoms with Gasteiger partial charge < -0.3 is 14.6 Å². The molecule has 1 aliphatic heterocycles. The second kappa shape index (κ2) is 6.81. The monoisotopic (exact) mass is 386 g/mol. The number of rotatable bonds is 5. The zero-order chi connectivity index (χ0) is 20.0. The van der Waals surface area contributed by atoms with E-state index in [0.29, 0.717) is 12.2 Å². The van der Waals surface area contributed by atoms with Crippen molar-refractivity contribution >= 4 is 16.8 Å². The van der Waals surface area contributed by atoms with Gasteiger partial charge in [0, 0.05) is 40.5 Å². The molecule has 0 saturated carbocycles. The Morgan fingerprint density at radius 2 is 1.93 bits per heavy atom. The first-order chi connectivity index (χ1) is 14.2. The Morgan fingerprint density at radius 3 is 2.79 bits per heavy atom. The van der Waals surface area contributed by atoms with Crippen LogP contribution in [-0.2, 0) is 6.42 Å². The summed E-state index contributed by atoms with van der Waals surface area (Å²) in [6.07, 6.45) is 2.79. The van der Waals surface area contributed by atoms with E-state index in [-0.39, 0.29) is 11.9 Å². The minimum Gasteiger partial charge on any atom is -0.496 e. The van der Waals surface area contributed by atoms with E-state index in [4.69, 9.17) is 4.74 Å². The minimum atomic E-state index is -0.211. The molecular formula is C23H22N4O2. The van der Waals surface area contributed by atoms with Crippen LogP contribution in [0.5, 0.6) is 5.75 Å². The molecule has 0 spiro atoms. The van der Waals surface area contributed by atoms with Crippen molar-refractivity contribution in [3.63, 3.8) is 0 Å². The van der Waals surface area contributed by atoms with E-state index in [1.165, 1.54) is 10.9 Å². The molecule has 2 aromatic carbocycles. The first-order valence-electron chi connectivity index (χ1n) is 9.72. The van der Waals surface area contributed by atoms with E-state index in [2.05, 4.69) is 27.3 Å². The summed E-state index contributed by atoms with van der Waals surface area (Å²) in [5.41, 5.74) is 5.66.